The van der Waals surface area contributed by atoms with Crippen LogP contribution in [0, 0.1) is 12.8 Å². The molecule has 86 valence electrons. The topological polar surface area (TPSA) is 29.5 Å². The van der Waals surface area contributed by atoms with Crippen LogP contribution in [0.25, 0.3) is 0 Å². The molecule has 0 amide bonds. The summed E-state index contributed by atoms with van der Waals surface area (Å²) in [5, 5.41) is 10.2. The summed E-state index contributed by atoms with van der Waals surface area (Å²) in [6, 6.07) is 6.07. The highest BCUT2D eigenvalue weighted by molar-refractivity contribution is 5.41. The van der Waals surface area contributed by atoms with E-state index in [0.29, 0.717) is 5.92 Å². The van der Waals surface area contributed by atoms with Crippen molar-refractivity contribution in [1.82, 2.24) is 0 Å². The van der Waals surface area contributed by atoms with Crippen LogP contribution >= 0.6 is 0 Å². The Morgan fingerprint density at radius 3 is 2.81 bits per heavy atom. The summed E-state index contributed by atoms with van der Waals surface area (Å²) in [6.45, 7) is 4.18. The van der Waals surface area contributed by atoms with Crippen LogP contribution in [0.1, 0.15) is 43.4 Å². The lowest BCUT2D eigenvalue weighted by Gasteiger charge is -2.38. The van der Waals surface area contributed by atoms with Crippen LogP contribution in [0.4, 0.5) is 0 Å². The molecule has 0 spiro atoms. The van der Waals surface area contributed by atoms with Crippen molar-refractivity contribution in [3.63, 3.8) is 0 Å². The molecule has 3 rings (SSSR count). The van der Waals surface area contributed by atoms with Crippen molar-refractivity contribution in [2.75, 3.05) is 0 Å². The normalized spacial score (nSPS) is 33.1. The Bertz CT molecular complexity index is 423. The molecule has 1 heterocycles. The van der Waals surface area contributed by atoms with Gasteiger partial charge in [-0.1, -0.05) is 11.6 Å². The summed E-state index contributed by atoms with van der Waals surface area (Å²) in [4.78, 5) is 0. The molecule has 0 radical (unpaired) electrons. The van der Waals surface area contributed by atoms with Crippen molar-refractivity contribution in [2.24, 2.45) is 5.92 Å². The lowest BCUT2D eigenvalue weighted by Crippen LogP contribution is -2.40. The predicted octanol–water partition coefficient (Wildman–Crippen LogP) is 2.98. The van der Waals surface area contributed by atoms with Gasteiger partial charge in [-0.05, 0) is 44.7 Å². The summed E-state index contributed by atoms with van der Waals surface area (Å²) in [5.74, 6) is 1.51. The first-order valence-corrected chi connectivity index (χ1v) is 6.06. The van der Waals surface area contributed by atoms with E-state index in [0.717, 1.165) is 17.7 Å². The van der Waals surface area contributed by atoms with Gasteiger partial charge in [-0.3, -0.25) is 0 Å². The number of aryl methyl sites for hydroxylation is 1. The molecule has 16 heavy (non-hydrogen) atoms. The fourth-order valence-electron chi connectivity index (χ4n) is 2.75. The van der Waals surface area contributed by atoms with Crippen molar-refractivity contribution in [3.8, 4) is 5.75 Å². The minimum Gasteiger partial charge on any atom is -0.487 e. The maximum atomic E-state index is 10.2. The van der Waals surface area contributed by atoms with Crippen molar-refractivity contribution in [2.45, 2.75) is 44.8 Å². The number of rotatable bonds is 1. The highest BCUT2D eigenvalue weighted by Gasteiger charge is 2.47. The van der Waals surface area contributed by atoms with Crippen molar-refractivity contribution >= 4 is 0 Å². The molecule has 2 aliphatic rings. The molecule has 2 atom stereocenters. The van der Waals surface area contributed by atoms with E-state index in [1.54, 1.807) is 0 Å². The van der Waals surface area contributed by atoms with Crippen molar-refractivity contribution < 1.29 is 9.84 Å². The van der Waals surface area contributed by atoms with Crippen LogP contribution in [-0.4, -0.2) is 10.7 Å². The van der Waals surface area contributed by atoms with Crippen molar-refractivity contribution in [1.29, 1.82) is 0 Å². The molecule has 1 N–H and O–H groups in total. The summed E-state index contributed by atoms with van der Waals surface area (Å²) >= 11 is 0. The van der Waals surface area contributed by atoms with Crippen molar-refractivity contribution in [3.05, 3.63) is 29.3 Å². The van der Waals surface area contributed by atoms with Gasteiger partial charge in [0.25, 0.3) is 0 Å². The molecule has 0 aromatic heterocycles. The molecule has 1 unspecified atom stereocenters. The highest BCUT2D eigenvalue weighted by Crippen LogP contribution is 2.50. The number of ether oxygens (including phenoxy) is 1. The van der Waals surface area contributed by atoms with E-state index in [1.807, 2.05) is 25.1 Å². The summed E-state index contributed by atoms with van der Waals surface area (Å²) in [5.41, 5.74) is 1.98. The Hall–Kier alpha value is -1.02. The number of fused-ring (bicyclic) bond motifs is 1. The summed E-state index contributed by atoms with van der Waals surface area (Å²) in [6.07, 6.45) is 2.84. The zero-order valence-corrected chi connectivity index (χ0v) is 9.86. The monoisotopic (exact) mass is 218 g/mol. The van der Waals surface area contributed by atoms with E-state index >= 15 is 0 Å². The zero-order valence-electron chi connectivity index (χ0n) is 9.86. The van der Waals surface area contributed by atoms with Gasteiger partial charge in [0.05, 0.1) is 6.10 Å². The Balaban J connectivity index is 1.99. The minimum atomic E-state index is -0.366. The summed E-state index contributed by atoms with van der Waals surface area (Å²) < 4.78 is 6.11. The maximum absolute atomic E-state index is 10.2. The van der Waals surface area contributed by atoms with Gasteiger partial charge in [0.2, 0.25) is 0 Å². The third kappa shape index (κ3) is 1.52. The second kappa shape index (κ2) is 3.24. The largest absolute Gasteiger partial charge is 0.487 e. The Morgan fingerprint density at radius 2 is 2.12 bits per heavy atom. The second-order valence-corrected chi connectivity index (χ2v) is 5.45. The Labute approximate surface area is 96.2 Å². The fourth-order valence-corrected chi connectivity index (χ4v) is 2.75. The van der Waals surface area contributed by atoms with Gasteiger partial charge in [-0.15, -0.1) is 0 Å². The quantitative estimate of drug-likeness (QED) is 0.785. The van der Waals surface area contributed by atoms with Crippen LogP contribution < -0.4 is 4.74 Å². The number of aliphatic hydroxyl groups is 1. The average Bonchev–Trinajstić information content (AvgIpc) is 3.03. The van der Waals surface area contributed by atoms with E-state index in [2.05, 4.69) is 6.92 Å². The van der Waals surface area contributed by atoms with E-state index in [-0.39, 0.29) is 11.7 Å². The second-order valence-electron chi connectivity index (χ2n) is 5.45. The van der Waals surface area contributed by atoms with E-state index in [4.69, 9.17) is 4.74 Å². The minimum absolute atomic E-state index is 0.151. The van der Waals surface area contributed by atoms with Gasteiger partial charge in [-0.2, -0.15) is 0 Å². The smallest absolute Gasteiger partial charge is 0.125 e. The first-order valence-electron chi connectivity index (χ1n) is 6.06. The van der Waals surface area contributed by atoms with E-state index < -0.39 is 0 Å². The van der Waals surface area contributed by atoms with Crippen LogP contribution in [0.3, 0.4) is 0 Å². The molecule has 1 aliphatic carbocycles. The Morgan fingerprint density at radius 1 is 1.38 bits per heavy atom. The molecule has 1 saturated carbocycles. The SMILES string of the molecule is Cc1ccc2c(c1)[C@H](O)CC(C)(C1CC1)O2. The standard InChI is InChI=1S/C14H18O2/c1-9-3-6-13-11(7-9)12(15)8-14(2,16-13)10-4-5-10/h3,6-7,10,12,15H,4-5,8H2,1-2H3/t12-,14?/m1/s1. The molecular formula is C14H18O2. The van der Waals surface area contributed by atoms with E-state index in [9.17, 15) is 5.11 Å². The molecule has 2 heteroatoms. The number of hydrogen-bond donors (Lipinski definition) is 1. The van der Waals surface area contributed by atoms with Crippen LogP contribution in [0.5, 0.6) is 5.75 Å². The third-order valence-corrected chi connectivity index (χ3v) is 3.91. The first kappa shape index (κ1) is 10.2. The molecule has 1 aromatic carbocycles. The van der Waals surface area contributed by atoms with Gasteiger partial charge in [0.15, 0.2) is 0 Å². The highest BCUT2D eigenvalue weighted by atomic mass is 16.5. The third-order valence-electron chi connectivity index (χ3n) is 3.91. The van der Waals surface area contributed by atoms with Crippen LogP contribution in [0.15, 0.2) is 18.2 Å². The van der Waals surface area contributed by atoms with Gasteiger partial charge in [0, 0.05) is 12.0 Å². The Kier molecular flexibility index (Phi) is 2.05. The van der Waals surface area contributed by atoms with Crippen LogP contribution in [-0.2, 0) is 0 Å². The summed E-state index contributed by atoms with van der Waals surface area (Å²) in [7, 11) is 0. The lowest BCUT2D eigenvalue weighted by atomic mass is 9.86. The molecule has 1 aliphatic heterocycles. The van der Waals surface area contributed by atoms with Crippen LogP contribution in [0.2, 0.25) is 0 Å². The molecular weight excluding hydrogens is 200 g/mol. The average molecular weight is 218 g/mol. The number of hydrogen-bond acceptors (Lipinski definition) is 2. The van der Waals surface area contributed by atoms with E-state index in [1.165, 1.54) is 18.4 Å². The molecule has 0 saturated heterocycles. The van der Waals surface area contributed by atoms with Gasteiger partial charge < -0.3 is 9.84 Å². The first-order chi connectivity index (χ1) is 7.58. The molecule has 2 nitrogen and oxygen atoms in total. The fraction of sp³-hybridized carbons (Fsp3) is 0.571. The van der Waals surface area contributed by atoms with Gasteiger partial charge >= 0.3 is 0 Å². The molecule has 0 bridgehead atoms. The number of benzene rings is 1. The maximum Gasteiger partial charge on any atom is 0.125 e. The predicted molar refractivity (Wildman–Crippen MR) is 62.5 cm³/mol. The lowest BCUT2D eigenvalue weighted by molar-refractivity contribution is -0.0166. The molecule has 1 aromatic rings. The van der Waals surface area contributed by atoms with Gasteiger partial charge in [-0.25, -0.2) is 0 Å². The molecule has 1 fully saturated rings. The zero-order chi connectivity index (χ0) is 11.3. The van der Waals surface area contributed by atoms with Gasteiger partial charge in [0.1, 0.15) is 11.4 Å². The number of aliphatic hydroxyl groups excluding tert-OH is 1.